The highest BCUT2D eigenvalue weighted by Gasteiger charge is 2.11. The molecule has 4 nitrogen and oxygen atoms in total. The SMILES string of the molecule is CCCc1nc(C(C)CCCC(C)N)n[nH]1. The molecule has 0 aliphatic rings. The lowest BCUT2D eigenvalue weighted by Gasteiger charge is -2.08. The van der Waals surface area contributed by atoms with Gasteiger partial charge in [0.2, 0.25) is 0 Å². The first-order chi connectivity index (χ1) is 7.63. The normalized spacial score (nSPS) is 15.0. The van der Waals surface area contributed by atoms with Crippen LogP contribution < -0.4 is 5.73 Å². The van der Waals surface area contributed by atoms with Gasteiger partial charge in [0.05, 0.1) is 0 Å². The summed E-state index contributed by atoms with van der Waals surface area (Å²) in [6.45, 7) is 6.38. The van der Waals surface area contributed by atoms with Crippen LogP contribution in [0.3, 0.4) is 0 Å². The molecule has 4 heteroatoms. The van der Waals surface area contributed by atoms with Gasteiger partial charge in [-0.05, 0) is 26.2 Å². The van der Waals surface area contributed by atoms with Gasteiger partial charge in [0.25, 0.3) is 0 Å². The standard InChI is InChI=1S/C12H24N4/c1-4-6-11-14-12(16-15-11)9(2)7-5-8-10(3)13/h9-10H,4-8,13H2,1-3H3,(H,14,15,16). The Balaban J connectivity index is 2.36. The highest BCUT2D eigenvalue weighted by Crippen LogP contribution is 2.18. The highest BCUT2D eigenvalue weighted by molar-refractivity contribution is 4.96. The van der Waals surface area contributed by atoms with E-state index in [-0.39, 0.29) is 0 Å². The number of hydrogen-bond acceptors (Lipinski definition) is 3. The Labute approximate surface area is 98.0 Å². The Kier molecular flexibility index (Phi) is 5.46. The zero-order valence-corrected chi connectivity index (χ0v) is 10.7. The fourth-order valence-electron chi connectivity index (χ4n) is 1.75. The van der Waals surface area contributed by atoms with Gasteiger partial charge in [0.1, 0.15) is 5.82 Å². The van der Waals surface area contributed by atoms with Crippen LogP contribution in [-0.2, 0) is 6.42 Å². The van der Waals surface area contributed by atoms with Crippen LogP contribution in [0.25, 0.3) is 0 Å². The second-order valence-corrected chi connectivity index (χ2v) is 4.70. The van der Waals surface area contributed by atoms with Gasteiger partial charge < -0.3 is 5.73 Å². The molecule has 0 aromatic carbocycles. The quantitative estimate of drug-likeness (QED) is 0.747. The molecule has 16 heavy (non-hydrogen) atoms. The number of nitrogens with two attached hydrogens (primary N) is 1. The molecule has 0 bridgehead atoms. The fourth-order valence-corrected chi connectivity index (χ4v) is 1.75. The summed E-state index contributed by atoms with van der Waals surface area (Å²) in [6, 6.07) is 0.301. The predicted molar refractivity (Wildman–Crippen MR) is 66.3 cm³/mol. The second-order valence-electron chi connectivity index (χ2n) is 4.70. The average Bonchev–Trinajstić information content (AvgIpc) is 2.66. The lowest BCUT2D eigenvalue weighted by atomic mass is 10.0. The fraction of sp³-hybridized carbons (Fsp3) is 0.833. The van der Waals surface area contributed by atoms with Crippen molar-refractivity contribution >= 4 is 0 Å². The van der Waals surface area contributed by atoms with E-state index in [1.807, 2.05) is 0 Å². The van der Waals surface area contributed by atoms with E-state index in [4.69, 9.17) is 5.73 Å². The Morgan fingerprint density at radius 1 is 1.31 bits per heavy atom. The average molecular weight is 224 g/mol. The summed E-state index contributed by atoms with van der Waals surface area (Å²) in [7, 11) is 0. The predicted octanol–water partition coefficient (Wildman–Crippen LogP) is 2.38. The van der Waals surface area contributed by atoms with Gasteiger partial charge in [-0.25, -0.2) is 4.98 Å². The smallest absolute Gasteiger partial charge is 0.153 e. The molecule has 2 unspecified atom stereocenters. The van der Waals surface area contributed by atoms with Gasteiger partial charge in [0.15, 0.2) is 5.82 Å². The molecule has 2 atom stereocenters. The lowest BCUT2D eigenvalue weighted by molar-refractivity contribution is 0.544. The molecular formula is C12H24N4. The van der Waals surface area contributed by atoms with Crippen molar-refractivity contribution in [3.63, 3.8) is 0 Å². The molecule has 0 aliphatic carbocycles. The summed E-state index contributed by atoms with van der Waals surface area (Å²) in [6.07, 6.45) is 5.44. The van der Waals surface area contributed by atoms with Crippen LogP contribution in [-0.4, -0.2) is 21.2 Å². The van der Waals surface area contributed by atoms with Crippen molar-refractivity contribution in [1.82, 2.24) is 15.2 Å². The van der Waals surface area contributed by atoms with E-state index in [0.29, 0.717) is 12.0 Å². The maximum Gasteiger partial charge on any atom is 0.153 e. The van der Waals surface area contributed by atoms with Gasteiger partial charge in [-0.15, -0.1) is 0 Å². The van der Waals surface area contributed by atoms with Crippen molar-refractivity contribution in [2.24, 2.45) is 5.73 Å². The zero-order chi connectivity index (χ0) is 12.0. The Bertz CT molecular complexity index is 293. The van der Waals surface area contributed by atoms with E-state index in [1.54, 1.807) is 0 Å². The van der Waals surface area contributed by atoms with Gasteiger partial charge in [0, 0.05) is 18.4 Å². The van der Waals surface area contributed by atoms with Crippen molar-refractivity contribution in [2.75, 3.05) is 0 Å². The first-order valence-electron chi connectivity index (χ1n) is 6.30. The number of nitrogens with zero attached hydrogens (tertiary/aromatic N) is 2. The van der Waals surface area contributed by atoms with Crippen LogP contribution in [0.2, 0.25) is 0 Å². The van der Waals surface area contributed by atoms with Crippen LogP contribution in [0.15, 0.2) is 0 Å². The Morgan fingerprint density at radius 2 is 2.06 bits per heavy atom. The van der Waals surface area contributed by atoms with Crippen molar-refractivity contribution < 1.29 is 0 Å². The van der Waals surface area contributed by atoms with Crippen molar-refractivity contribution in [2.45, 2.75) is 64.8 Å². The van der Waals surface area contributed by atoms with Gasteiger partial charge in [-0.2, -0.15) is 5.10 Å². The number of hydrogen-bond donors (Lipinski definition) is 2. The molecule has 0 aliphatic heterocycles. The van der Waals surface area contributed by atoms with Crippen molar-refractivity contribution in [3.8, 4) is 0 Å². The molecule has 1 heterocycles. The molecule has 1 rings (SSSR count). The van der Waals surface area contributed by atoms with Crippen molar-refractivity contribution in [1.29, 1.82) is 0 Å². The molecule has 0 radical (unpaired) electrons. The minimum absolute atomic E-state index is 0.301. The van der Waals surface area contributed by atoms with E-state index in [1.165, 1.54) is 0 Å². The van der Waals surface area contributed by atoms with E-state index in [9.17, 15) is 0 Å². The molecule has 0 fully saturated rings. The molecule has 1 aromatic rings. The third-order valence-electron chi connectivity index (χ3n) is 2.77. The Hall–Kier alpha value is -0.900. The third kappa shape index (κ3) is 4.31. The van der Waals surface area contributed by atoms with Crippen LogP contribution in [0.1, 0.15) is 64.0 Å². The number of aromatic amines is 1. The number of nitrogens with one attached hydrogen (secondary N) is 1. The topological polar surface area (TPSA) is 67.6 Å². The number of H-pyrrole nitrogens is 1. The Morgan fingerprint density at radius 3 is 2.69 bits per heavy atom. The minimum atomic E-state index is 0.301. The molecule has 0 saturated heterocycles. The molecular weight excluding hydrogens is 200 g/mol. The third-order valence-corrected chi connectivity index (χ3v) is 2.77. The largest absolute Gasteiger partial charge is 0.328 e. The number of aromatic nitrogens is 3. The molecule has 0 saturated carbocycles. The molecule has 3 N–H and O–H groups in total. The van der Waals surface area contributed by atoms with Crippen LogP contribution in [0.5, 0.6) is 0 Å². The molecule has 0 spiro atoms. The minimum Gasteiger partial charge on any atom is -0.328 e. The zero-order valence-electron chi connectivity index (χ0n) is 10.7. The summed E-state index contributed by atoms with van der Waals surface area (Å²) in [5.41, 5.74) is 5.72. The summed E-state index contributed by atoms with van der Waals surface area (Å²) >= 11 is 0. The highest BCUT2D eigenvalue weighted by atomic mass is 15.2. The van der Waals surface area contributed by atoms with Crippen molar-refractivity contribution in [3.05, 3.63) is 11.6 Å². The van der Waals surface area contributed by atoms with Gasteiger partial charge >= 0.3 is 0 Å². The first-order valence-corrected chi connectivity index (χ1v) is 6.30. The summed E-state index contributed by atoms with van der Waals surface area (Å²) in [4.78, 5) is 4.50. The maximum atomic E-state index is 5.72. The lowest BCUT2D eigenvalue weighted by Crippen LogP contribution is -2.14. The first kappa shape index (κ1) is 13.2. The van der Waals surface area contributed by atoms with Crippen LogP contribution in [0.4, 0.5) is 0 Å². The van der Waals surface area contributed by atoms with E-state index < -0.39 is 0 Å². The summed E-state index contributed by atoms with van der Waals surface area (Å²) in [5, 5.41) is 7.27. The van der Waals surface area contributed by atoms with E-state index in [0.717, 1.165) is 43.8 Å². The number of aryl methyl sites for hydroxylation is 1. The van der Waals surface area contributed by atoms with Gasteiger partial charge in [-0.1, -0.05) is 20.3 Å². The molecule has 92 valence electrons. The molecule has 1 aromatic heterocycles. The van der Waals surface area contributed by atoms with E-state index >= 15 is 0 Å². The van der Waals surface area contributed by atoms with Crippen LogP contribution in [0, 0.1) is 0 Å². The van der Waals surface area contributed by atoms with Crippen LogP contribution >= 0.6 is 0 Å². The van der Waals surface area contributed by atoms with Gasteiger partial charge in [-0.3, -0.25) is 5.10 Å². The molecule has 0 amide bonds. The number of rotatable bonds is 7. The monoisotopic (exact) mass is 224 g/mol. The maximum absolute atomic E-state index is 5.72. The van der Waals surface area contributed by atoms with E-state index in [2.05, 4.69) is 36.0 Å². The second kappa shape index (κ2) is 6.63. The summed E-state index contributed by atoms with van der Waals surface area (Å²) in [5.74, 6) is 2.39. The summed E-state index contributed by atoms with van der Waals surface area (Å²) < 4.78 is 0.